The van der Waals surface area contributed by atoms with Gasteiger partial charge < -0.3 is 9.88 Å². The molecule has 1 aromatic heterocycles. The second-order valence-corrected chi connectivity index (χ2v) is 7.80. The highest BCUT2D eigenvalue weighted by atomic mass is 32.2. The molecule has 3 aromatic rings. The van der Waals surface area contributed by atoms with Crippen molar-refractivity contribution in [3.63, 3.8) is 0 Å². The van der Waals surface area contributed by atoms with Crippen molar-refractivity contribution in [3.8, 4) is 11.4 Å². The Morgan fingerprint density at radius 1 is 1.14 bits per heavy atom. The Labute approximate surface area is 170 Å². The molecule has 5 nitrogen and oxygen atoms in total. The van der Waals surface area contributed by atoms with Gasteiger partial charge in [0.05, 0.1) is 11.8 Å². The first-order valence-electron chi connectivity index (χ1n) is 9.46. The molecule has 1 N–H and O–H groups in total. The van der Waals surface area contributed by atoms with Gasteiger partial charge in [0.1, 0.15) is 0 Å². The van der Waals surface area contributed by atoms with Gasteiger partial charge in [0.2, 0.25) is 5.91 Å². The van der Waals surface area contributed by atoms with Gasteiger partial charge in [-0.15, -0.1) is 10.2 Å². The molecule has 0 aliphatic carbocycles. The summed E-state index contributed by atoms with van der Waals surface area (Å²) in [7, 11) is 1.93. The van der Waals surface area contributed by atoms with E-state index in [-0.39, 0.29) is 11.9 Å². The molecule has 6 heteroatoms. The molecule has 28 heavy (non-hydrogen) atoms. The Morgan fingerprint density at radius 3 is 2.54 bits per heavy atom. The van der Waals surface area contributed by atoms with Crippen LogP contribution < -0.4 is 5.32 Å². The van der Waals surface area contributed by atoms with Crippen LogP contribution in [0.5, 0.6) is 0 Å². The van der Waals surface area contributed by atoms with Crippen LogP contribution in [0.2, 0.25) is 0 Å². The maximum Gasteiger partial charge on any atom is 0.230 e. The minimum absolute atomic E-state index is 0.0162. The van der Waals surface area contributed by atoms with Crippen LogP contribution in [0.3, 0.4) is 0 Å². The van der Waals surface area contributed by atoms with Crippen LogP contribution in [-0.2, 0) is 18.3 Å². The molecule has 0 spiro atoms. The fourth-order valence-electron chi connectivity index (χ4n) is 3.04. The molecule has 3 rings (SSSR count). The molecule has 1 heterocycles. The van der Waals surface area contributed by atoms with Crippen LogP contribution in [0.25, 0.3) is 11.4 Å². The van der Waals surface area contributed by atoms with Crippen LogP contribution in [-0.4, -0.2) is 26.4 Å². The van der Waals surface area contributed by atoms with Gasteiger partial charge in [-0.25, -0.2) is 0 Å². The number of rotatable bonds is 7. The predicted octanol–water partition coefficient (Wildman–Crippen LogP) is 4.32. The van der Waals surface area contributed by atoms with E-state index in [2.05, 4.69) is 59.7 Å². The number of hydrogen-bond acceptors (Lipinski definition) is 4. The van der Waals surface area contributed by atoms with E-state index < -0.39 is 0 Å². The van der Waals surface area contributed by atoms with E-state index in [0.717, 1.165) is 34.1 Å². The van der Waals surface area contributed by atoms with Gasteiger partial charge in [0.25, 0.3) is 0 Å². The highest BCUT2D eigenvalue weighted by Crippen LogP contribution is 2.25. The third-order valence-corrected chi connectivity index (χ3v) is 5.84. The number of carbonyl (C=O) groups is 1. The summed E-state index contributed by atoms with van der Waals surface area (Å²) in [5.41, 5.74) is 4.61. The zero-order valence-corrected chi connectivity index (χ0v) is 17.6. The first-order chi connectivity index (χ1) is 13.5. The van der Waals surface area contributed by atoms with Gasteiger partial charge in [-0.2, -0.15) is 0 Å². The molecule has 0 aliphatic rings. The first-order valence-corrected chi connectivity index (χ1v) is 10.4. The number of amides is 1. The average molecular weight is 395 g/mol. The Balaban J connectivity index is 1.59. The molecular formula is C22H26N4OS. The second kappa shape index (κ2) is 9.06. The summed E-state index contributed by atoms with van der Waals surface area (Å²) in [5.74, 6) is 1.10. The van der Waals surface area contributed by atoms with Gasteiger partial charge in [-0.1, -0.05) is 67.2 Å². The number of benzene rings is 2. The van der Waals surface area contributed by atoms with E-state index in [0.29, 0.717) is 5.75 Å². The third kappa shape index (κ3) is 4.62. The third-order valence-electron chi connectivity index (χ3n) is 4.82. The summed E-state index contributed by atoms with van der Waals surface area (Å²) in [6, 6.07) is 16.4. The molecule has 0 radical (unpaired) electrons. The molecular weight excluding hydrogens is 368 g/mol. The summed E-state index contributed by atoms with van der Waals surface area (Å²) in [5, 5.41) is 12.4. The number of aryl methyl sites for hydroxylation is 2. The highest BCUT2D eigenvalue weighted by Gasteiger charge is 2.15. The van der Waals surface area contributed by atoms with Crippen molar-refractivity contribution in [3.05, 3.63) is 65.2 Å². The number of nitrogens with one attached hydrogen (secondary N) is 1. The van der Waals surface area contributed by atoms with Crippen LogP contribution in [0.4, 0.5) is 0 Å². The molecule has 0 bridgehead atoms. The van der Waals surface area contributed by atoms with E-state index in [1.54, 1.807) is 0 Å². The first kappa shape index (κ1) is 20.1. The Bertz CT molecular complexity index is 949. The lowest BCUT2D eigenvalue weighted by molar-refractivity contribution is -0.119. The molecule has 0 unspecified atom stereocenters. The Hall–Kier alpha value is -2.60. The largest absolute Gasteiger partial charge is 0.349 e. The van der Waals surface area contributed by atoms with Gasteiger partial charge in [0.15, 0.2) is 11.0 Å². The molecule has 0 saturated carbocycles. The van der Waals surface area contributed by atoms with E-state index in [1.165, 1.54) is 17.3 Å². The number of thioether (sulfide) groups is 1. The normalized spacial score (nSPS) is 12.0. The van der Waals surface area contributed by atoms with Crippen LogP contribution in [0.15, 0.2) is 53.7 Å². The van der Waals surface area contributed by atoms with Crippen molar-refractivity contribution in [1.82, 2.24) is 20.1 Å². The molecule has 146 valence electrons. The zero-order chi connectivity index (χ0) is 20.1. The number of hydrogen-bond donors (Lipinski definition) is 1. The van der Waals surface area contributed by atoms with Crippen molar-refractivity contribution >= 4 is 17.7 Å². The maximum absolute atomic E-state index is 12.4. The molecule has 0 fully saturated rings. The number of aromatic nitrogens is 3. The predicted molar refractivity (Wildman–Crippen MR) is 114 cm³/mol. The van der Waals surface area contributed by atoms with E-state index in [9.17, 15) is 4.79 Å². The molecule has 0 saturated heterocycles. The van der Waals surface area contributed by atoms with Crippen LogP contribution in [0, 0.1) is 6.92 Å². The van der Waals surface area contributed by atoms with Gasteiger partial charge in [0, 0.05) is 12.6 Å². The lowest BCUT2D eigenvalue weighted by Crippen LogP contribution is -2.28. The van der Waals surface area contributed by atoms with Crippen molar-refractivity contribution in [2.24, 2.45) is 7.05 Å². The standard InChI is InChI=1S/C22H26N4OS/c1-5-17-10-12-18(13-11-17)16(3)23-20(27)14-28-22-25-24-21(26(22)4)19-9-7-6-8-15(19)2/h6-13,16H,5,14H2,1-4H3,(H,23,27)/t16-/m1/s1. The van der Waals surface area contributed by atoms with E-state index in [4.69, 9.17) is 0 Å². The van der Waals surface area contributed by atoms with Crippen molar-refractivity contribution < 1.29 is 4.79 Å². The minimum Gasteiger partial charge on any atom is -0.349 e. The Kier molecular flexibility index (Phi) is 6.52. The number of nitrogens with zero attached hydrogens (tertiary/aromatic N) is 3. The molecule has 0 aliphatic heterocycles. The number of carbonyl (C=O) groups excluding carboxylic acids is 1. The summed E-state index contributed by atoms with van der Waals surface area (Å²) in [6.45, 7) is 6.19. The minimum atomic E-state index is -0.0268. The van der Waals surface area contributed by atoms with Gasteiger partial charge in [-0.05, 0) is 37.0 Å². The van der Waals surface area contributed by atoms with Gasteiger partial charge >= 0.3 is 0 Å². The summed E-state index contributed by atoms with van der Waals surface area (Å²) < 4.78 is 1.94. The van der Waals surface area contributed by atoms with E-state index >= 15 is 0 Å². The Morgan fingerprint density at radius 2 is 1.86 bits per heavy atom. The highest BCUT2D eigenvalue weighted by molar-refractivity contribution is 7.99. The van der Waals surface area contributed by atoms with Crippen LogP contribution >= 0.6 is 11.8 Å². The van der Waals surface area contributed by atoms with Crippen LogP contribution in [0.1, 0.15) is 36.6 Å². The summed E-state index contributed by atoms with van der Waals surface area (Å²) in [6.07, 6.45) is 1.01. The smallest absolute Gasteiger partial charge is 0.230 e. The van der Waals surface area contributed by atoms with Crippen molar-refractivity contribution in [2.45, 2.75) is 38.4 Å². The molecule has 1 atom stereocenters. The average Bonchev–Trinajstić information content (AvgIpc) is 3.07. The quantitative estimate of drug-likeness (QED) is 0.606. The molecule has 2 aromatic carbocycles. The van der Waals surface area contributed by atoms with Gasteiger partial charge in [-0.3, -0.25) is 4.79 Å². The summed E-state index contributed by atoms with van der Waals surface area (Å²) in [4.78, 5) is 12.4. The monoisotopic (exact) mass is 394 g/mol. The fraction of sp³-hybridized carbons (Fsp3) is 0.318. The maximum atomic E-state index is 12.4. The molecule has 1 amide bonds. The zero-order valence-electron chi connectivity index (χ0n) is 16.8. The topological polar surface area (TPSA) is 59.8 Å². The summed E-state index contributed by atoms with van der Waals surface area (Å²) >= 11 is 1.40. The van der Waals surface area contributed by atoms with Crippen molar-refractivity contribution in [2.75, 3.05) is 5.75 Å². The second-order valence-electron chi connectivity index (χ2n) is 6.85. The lowest BCUT2D eigenvalue weighted by Gasteiger charge is -2.14. The van der Waals surface area contributed by atoms with E-state index in [1.807, 2.05) is 36.7 Å². The van der Waals surface area contributed by atoms with Crippen molar-refractivity contribution in [1.29, 1.82) is 0 Å². The fourth-order valence-corrected chi connectivity index (χ4v) is 3.76. The lowest BCUT2D eigenvalue weighted by atomic mass is 10.1. The SMILES string of the molecule is CCc1ccc([C@@H](C)NC(=O)CSc2nnc(-c3ccccc3C)n2C)cc1.